The molecule has 0 aromatic heterocycles. The van der Waals surface area contributed by atoms with Gasteiger partial charge in [0.15, 0.2) is 8.32 Å². The first kappa shape index (κ1) is 49.7. The highest BCUT2D eigenvalue weighted by atomic mass is 28.4. The Kier molecular flexibility index (Phi) is 16.6. The van der Waals surface area contributed by atoms with E-state index < -0.39 is 78.9 Å². The molecule has 1 aliphatic heterocycles. The third-order valence-electron chi connectivity index (χ3n) is 9.18. The van der Waals surface area contributed by atoms with E-state index in [9.17, 15) is 58.6 Å². The summed E-state index contributed by atoms with van der Waals surface area (Å²) in [6.45, 7) is 13.2. The summed E-state index contributed by atoms with van der Waals surface area (Å²) in [6.07, 6.45) is -20.0. The molecule has 1 aromatic rings. The molecule has 1 heterocycles. The SMILES string of the molecule is C=C(C)C(=O)OCC(O)COCCC[Si]1(C)OCCCC[Si](C)(CC[Si](C)(C)c2cccc(N(C)C(=O)C(F)(OC(F)(F)C(F)(F)C(F)(F)F)C(F)(F)F)c2)O1. The molecular formula is C33H48F11NO8Si3. The lowest BCUT2D eigenvalue weighted by Crippen LogP contribution is -2.63. The lowest BCUT2D eigenvalue weighted by atomic mass is 10.2. The molecule has 1 fully saturated rings. The van der Waals surface area contributed by atoms with Crippen molar-refractivity contribution in [2.24, 2.45) is 0 Å². The first-order valence-electron chi connectivity index (χ1n) is 17.4. The molecular weight excluding hydrogens is 832 g/mol. The molecule has 1 saturated heterocycles. The summed E-state index contributed by atoms with van der Waals surface area (Å²) < 4.78 is 175. The highest BCUT2D eigenvalue weighted by Gasteiger charge is 2.80. The number of anilines is 1. The number of aliphatic hydroxyl groups excluding tert-OH is 1. The Balaban J connectivity index is 2.18. The van der Waals surface area contributed by atoms with Crippen LogP contribution in [0.15, 0.2) is 36.4 Å². The van der Waals surface area contributed by atoms with Gasteiger partial charge in [0.05, 0.1) is 14.7 Å². The number of amides is 1. The second-order valence-electron chi connectivity index (χ2n) is 14.8. The van der Waals surface area contributed by atoms with Gasteiger partial charge < -0.3 is 28.0 Å². The number of rotatable bonds is 18. The van der Waals surface area contributed by atoms with Crippen molar-refractivity contribution in [1.29, 1.82) is 0 Å². The van der Waals surface area contributed by atoms with E-state index in [1.165, 1.54) is 19.1 Å². The number of benzene rings is 1. The van der Waals surface area contributed by atoms with E-state index in [4.69, 9.17) is 18.0 Å². The van der Waals surface area contributed by atoms with E-state index in [0.717, 1.165) is 25.0 Å². The number of carbonyl (C=O) groups excluding carboxylic acids is 2. The zero-order valence-electron chi connectivity index (χ0n) is 31.8. The number of hydrogen-bond acceptors (Lipinski definition) is 8. The molecule has 56 heavy (non-hydrogen) atoms. The van der Waals surface area contributed by atoms with Gasteiger partial charge in [-0.05, 0) is 63.1 Å². The molecule has 23 heteroatoms. The maximum atomic E-state index is 15.1. The first-order chi connectivity index (χ1) is 25.3. The molecule has 0 saturated carbocycles. The van der Waals surface area contributed by atoms with E-state index in [0.29, 0.717) is 43.4 Å². The highest BCUT2D eigenvalue weighted by molar-refractivity contribution is 6.92. The van der Waals surface area contributed by atoms with Gasteiger partial charge in [0, 0.05) is 31.5 Å². The molecule has 2 rings (SSSR count). The maximum Gasteiger partial charge on any atom is 0.462 e. The van der Waals surface area contributed by atoms with E-state index in [-0.39, 0.29) is 30.3 Å². The largest absolute Gasteiger partial charge is 0.462 e. The van der Waals surface area contributed by atoms with Crippen LogP contribution in [0.4, 0.5) is 54.0 Å². The van der Waals surface area contributed by atoms with Gasteiger partial charge in [-0.2, -0.15) is 48.3 Å². The zero-order chi connectivity index (χ0) is 43.2. The van der Waals surface area contributed by atoms with E-state index >= 15 is 4.39 Å². The Morgan fingerprint density at radius 1 is 0.982 bits per heavy atom. The van der Waals surface area contributed by atoms with Gasteiger partial charge in [0.25, 0.3) is 0 Å². The summed E-state index contributed by atoms with van der Waals surface area (Å²) in [5.74, 6) is -17.3. The predicted octanol–water partition coefficient (Wildman–Crippen LogP) is 7.96. The van der Waals surface area contributed by atoms with Crippen LogP contribution in [0.3, 0.4) is 0 Å². The number of aliphatic hydroxyl groups is 1. The summed E-state index contributed by atoms with van der Waals surface area (Å²) in [5.41, 5.74) is -0.309. The van der Waals surface area contributed by atoms with Crippen LogP contribution in [-0.4, -0.2) is 112 Å². The van der Waals surface area contributed by atoms with Crippen molar-refractivity contribution in [2.75, 3.05) is 38.4 Å². The number of esters is 1. The number of alkyl halides is 11. The molecule has 9 nitrogen and oxygen atoms in total. The smallest absolute Gasteiger partial charge is 0.460 e. The van der Waals surface area contributed by atoms with Crippen LogP contribution in [0.1, 0.15) is 26.2 Å². The van der Waals surface area contributed by atoms with Gasteiger partial charge in [-0.15, -0.1) is 0 Å². The summed E-state index contributed by atoms with van der Waals surface area (Å²) >= 11 is 0. The molecule has 0 radical (unpaired) electrons. The van der Waals surface area contributed by atoms with Crippen LogP contribution >= 0.6 is 0 Å². The summed E-state index contributed by atoms with van der Waals surface area (Å²) in [6, 6.07) is 7.57. The van der Waals surface area contributed by atoms with Crippen LogP contribution in [0.25, 0.3) is 0 Å². The van der Waals surface area contributed by atoms with Crippen molar-refractivity contribution in [3.63, 3.8) is 0 Å². The van der Waals surface area contributed by atoms with Crippen LogP contribution in [0, 0.1) is 0 Å². The van der Waals surface area contributed by atoms with Crippen LogP contribution < -0.4 is 10.1 Å². The van der Waals surface area contributed by atoms with Crippen molar-refractivity contribution in [3.05, 3.63) is 36.4 Å². The Hall–Kier alpha value is -2.42. The Bertz CT molecular complexity index is 1520. The number of likely N-dealkylation sites (N-methyl/N-ethyl adjacent to an activating group) is 1. The van der Waals surface area contributed by atoms with Crippen LogP contribution in [-0.2, 0) is 32.3 Å². The van der Waals surface area contributed by atoms with Gasteiger partial charge in [0.1, 0.15) is 12.7 Å². The van der Waals surface area contributed by atoms with Gasteiger partial charge in [-0.3, -0.25) is 9.53 Å². The minimum Gasteiger partial charge on any atom is -0.460 e. The standard InChI is InChI=1S/C33H48F11NO8Si3/c1-23(2)27(47)50-22-25(46)21-49-14-11-17-56(7)51-15-8-9-16-55(6,53-56)19-18-54(4,5)26-13-10-12-24(20-26)45(3)28(48)29(34,31(37,38)39)52-33(43,44)30(35,36)32(40,41)42/h10,12-13,20,25,46H,1,8-9,11,14-19,21-22H2,2-7H3. The van der Waals surface area contributed by atoms with Crippen molar-refractivity contribution in [3.8, 4) is 0 Å². The van der Waals surface area contributed by atoms with Crippen molar-refractivity contribution >= 4 is 47.7 Å². The number of halogens is 11. The fourth-order valence-electron chi connectivity index (χ4n) is 5.67. The number of hydrogen-bond donors (Lipinski definition) is 1. The van der Waals surface area contributed by atoms with Crippen LogP contribution in [0.5, 0.6) is 0 Å². The van der Waals surface area contributed by atoms with Crippen LogP contribution in [0.2, 0.25) is 50.4 Å². The second-order valence-corrected chi connectivity index (χ2v) is 27.4. The molecule has 322 valence electrons. The molecule has 1 aliphatic rings. The average molecular weight is 880 g/mol. The van der Waals surface area contributed by atoms with E-state index in [2.05, 4.69) is 17.9 Å². The lowest BCUT2D eigenvalue weighted by Gasteiger charge is -2.41. The summed E-state index contributed by atoms with van der Waals surface area (Å²) in [7, 11) is -7.36. The Morgan fingerprint density at radius 2 is 1.61 bits per heavy atom. The fraction of sp³-hybridized carbons (Fsp3) is 0.697. The van der Waals surface area contributed by atoms with Crippen molar-refractivity contribution in [1.82, 2.24) is 0 Å². The van der Waals surface area contributed by atoms with Crippen molar-refractivity contribution in [2.45, 2.75) is 113 Å². The molecule has 4 unspecified atom stereocenters. The Morgan fingerprint density at radius 3 is 2.18 bits per heavy atom. The van der Waals surface area contributed by atoms with Gasteiger partial charge >= 0.3 is 50.7 Å². The molecule has 1 N–H and O–H groups in total. The van der Waals surface area contributed by atoms with E-state index in [1.54, 1.807) is 6.07 Å². The van der Waals surface area contributed by atoms with E-state index in [1.807, 2.05) is 19.6 Å². The number of ether oxygens (including phenoxy) is 3. The molecule has 4 atom stereocenters. The van der Waals surface area contributed by atoms with Gasteiger partial charge in [-0.1, -0.05) is 49.5 Å². The number of nitrogens with zero attached hydrogens (tertiary/aromatic N) is 1. The average Bonchev–Trinajstić information content (AvgIpc) is 3.06. The Labute approximate surface area is 320 Å². The molecule has 0 bridgehead atoms. The monoisotopic (exact) mass is 879 g/mol. The lowest BCUT2D eigenvalue weighted by molar-refractivity contribution is -0.472. The van der Waals surface area contributed by atoms with Gasteiger partial charge in [0.2, 0.25) is 0 Å². The van der Waals surface area contributed by atoms with Crippen molar-refractivity contribution < 1.29 is 85.7 Å². The third-order valence-corrected chi connectivity index (χ3v) is 21.6. The minimum atomic E-state index is -7.30. The predicted molar refractivity (Wildman–Crippen MR) is 190 cm³/mol. The molecule has 0 aliphatic carbocycles. The quantitative estimate of drug-likeness (QED) is 0.0522. The molecule has 1 amide bonds. The summed E-state index contributed by atoms with van der Waals surface area (Å²) in [4.78, 5) is 24.1. The molecule has 0 spiro atoms. The topological polar surface area (TPSA) is 104 Å². The molecule has 1 aromatic carbocycles. The third kappa shape index (κ3) is 12.8. The normalized spacial score (nSPS) is 22.0. The zero-order valence-corrected chi connectivity index (χ0v) is 34.8. The van der Waals surface area contributed by atoms with Gasteiger partial charge in [-0.25, -0.2) is 4.79 Å². The fourth-order valence-corrected chi connectivity index (χ4v) is 20.0. The number of carbonyl (C=O) groups is 2. The minimum absolute atomic E-state index is 0.0671. The second kappa shape index (κ2) is 18.7. The summed E-state index contributed by atoms with van der Waals surface area (Å²) in [5, 5.41) is 10.5. The first-order valence-corrected chi connectivity index (χ1v) is 26.0. The highest BCUT2D eigenvalue weighted by Crippen LogP contribution is 2.51. The maximum absolute atomic E-state index is 15.1.